The van der Waals surface area contributed by atoms with Gasteiger partial charge in [-0.25, -0.2) is 8.42 Å². The van der Waals surface area contributed by atoms with E-state index in [9.17, 15) is 13.2 Å². The van der Waals surface area contributed by atoms with Crippen molar-refractivity contribution in [1.29, 1.82) is 0 Å². The van der Waals surface area contributed by atoms with Crippen LogP contribution in [0.2, 0.25) is 5.02 Å². The molecule has 1 unspecified atom stereocenters. The minimum absolute atomic E-state index is 0.0389. The van der Waals surface area contributed by atoms with E-state index >= 15 is 0 Å². The summed E-state index contributed by atoms with van der Waals surface area (Å²) in [6.45, 7) is 0. The van der Waals surface area contributed by atoms with Gasteiger partial charge in [0.2, 0.25) is 0 Å². The number of carbonyl (C=O) groups excluding carboxylic acids is 1. The molecule has 1 atom stereocenters. The van der Waals surface area contributed by atoms with Crippen LogP contribution in [0.25, 0.3) is 10.8 Å². The van der Waals surface area contributed by atoms with E-state index < -0.39 is 15.8 Å². The van der Waals surface area contributed by atoms with E-state index in [0.717, 1.165) is 10.8 Å². The first-order chi connectivity index (χ1) is 9.48. The quantitative estimate of drug-likeness (QED) is 0.801. The van der Waals surface area contributed by atoms with E-state index in [4.69, 9.17) is 11.6 Å². The van der Waals surface area contributed by atoms with Crippen LogP contribution in [0.5, 0.6) is 0 Å². The van der Waals surface area contributed by atoms with Crippen LogP contribution in [0.1, 0.15) is 16.8 Å². The highest BCUT2D eigenvalue weighted by Crippen LogP contribution is 2.30. The van der Waals surface area contributed by atoms with E-state index in [1.807, 2.05) is 24.3 Å². The van der Waals surface area contributed by atoms with E-state index in [1.54, 1.807) is 12.1 Å². The number of benzene rings is 2. The Hall–Kier alpha value is -1.39. The van der Waals surface area contributed by atoms with Gasteiger partial charge in [-0.2, -0.15) is 0 Å². The number of sulfone groups is 1. The minimum atomic E-state index is -3.06. The Morgan fingerprint density at radius 1 is 1.10 bits per heavy atom. The van der Waals surface area contributed by atoms with Crippen LogP contribution >= 0.6 is 11.6 Å². The maximum atomic E-state index is 12.6. The summed E-state index contributed by atoms with van der Waals surface area (Å²) in [5.74, 6) is -0.457. The van der Waals surface area contributed by atoms with Crippen molar-refractivity contribution < 1.29 is 13.2 Å². The van der Waals surface area contributed by atoms with Crippen LogP contribution in [0.4, 0.5) is 0 Å². The maximum Gasteiger partial charge on any atom is 0.167 e. The Morgan fingerprint density at radius 2 is 1.80 bits per heavy atom. The second kappa shape index (κ2) is 4.86. The van der Waals surface area contributed by atoms with Crippen molar-refractivity contribution in [3.63, 3.8) is 0 Å². The molecule has 3 nitrogen and oxygen atoms in total. The number of hydrogen-bond acceptors (Lipinski definition) is 3. The molecular formula is C15H13ClO3S. The Balaban J connectivity index is 2.07. The summed E-state index contributed by atoms with van der Waals surface area (Å²) < 4.78 is 23.0. The van der Waals surface area contributed by atoms with Gasteiger partial charge >= 0.3 is 0 Å². The van der Waals surface area contributed by atoms with Crippen LogP contribution in [0.3, 0.4) is 0 Å². The molecule has 0 bridgehead atoms. The summed E-state index contributed by atoms with van der Waals surface area (Å²) >= 11 is 6.13. The van der Waals surface area contributed by atoms with Gasteiger partial charge in [0.1, 0.15) is 0 Å². The van der Waals surface area contributed by atoms with Crippen LogP contribution < -0.4 is 0 Å². The number of rotatable bonds is 2. The van der Waals surface area contributed by atoms with E-state index in [1.165, 1.54) is 0 Å². The normalized spacial score (nSPS) is 21.1. The molecule has 2 aromatic carbocycles. The predicted molar refractivity (Wildman–Crippen MR) is 80.0 cm³/mol. The summed E-state index contributed by atoms with van der Waals surface area (Å²) in [4.78, 5) is 12.6. The Bertz CT molecular complexity index is 796. The highest BCUT2D eigenvalue weighted by molar-refractivity contribution is 7.91. The lowest BCUT2D eigenvalue weighted by Crippen LogP contribution is -2.16. The van der Waals surface area contributed by atoms with Gasteiger partial charge in [0.25, 0.3) is 0 Å². The second-order valence-electron chi connectivity index (χ2n) is 5.10. The van der Waals surface area contributed by atoms with Gasteiger partial charge < -0.3 is 0 Å². The lowest BCUT2D eigenvalue weighted by molar-refractivity contribution is 0.0935. The average Bonchev–Trinajstić information content (AvgIpc) is 2.79. The summed E-state index contributed by atoms with van der Waals surface area (Å²) in [7, 11) is -3.06. The molecular weight excluding hydrogens is 296 g/mol. The van der Waals surface area contributed by atoms with Crippen LogP contribution in [0.15, 0.2) is 36.4 Å². The molecule has 1 aliphatic heterocycles. The Kier molecular flexibility index (Phi) is 3.30. The van der Waals surface area contributed by atoms with Crippen molar-refractivity contribution in [2.24, 2.45) is 5.92 Å². The van der Waals surface area contributed by atoms with Gasteiger partial charge in [-0.3, -0.25) is 4.79 Å². The van der Waals surface area contributed by atoms with Crippen LogP contribution in [-0.4, -0.2) is 25.7 Å². The third-order valence-electron chi connectivity index (χ3n) is 3.74. The summed E-state index contributed by atoms with van der Waals surface area (Å²) in [6.07, 6.45) is 0.415. The van der Waals surface area contributed by atoms with Gasteiger partial charge in [0, 0.05) is 21.9 Å². The predicted octanol–water partition coefficient (Wildman–Crippen LogP) is 3.11. The lowest BCUT2D eigenvalue weighted by atomic mass is 9.93. The zero-order chi connectivity index (χ0) is 14.3. The average molecular weight is 309 g/mol. The topological polar surface area (TPSA) is 51.2 Å². The third-order valence-corrected chi connectivity index (χ3v) is 5.84. The number of fused-ring (bicyclic) bond motifs is 1. The zero-order valence-electron chi connectivity index (χ0n) is 10.7. The number of Topliss-reactive ketones (excluding diaryl/α,β-unsaturated/α-hetero) is 1. The molecule has 0 radical (unpaired) electrons. The van der Waals surface area contributed by atoms with Crippen molar-refractivity contribution in [2.45, 2.75) is 6.42 Å². The Labute approximate surface area is 122 Å². The number of ketones is 1. The fourth-order valence-corrected chi connectivity index (χ4v) is 4.67. The molecule has 0 saturated carbocycles. The molecule has 1 saturated heterocycles. The summed E-state index contributed by atoms with van der Waals surface area (Å²) in [5, 5.41) is 2.20. The number of carbonyl (C=O) groups is 1. The molecule has 0 N–H and O–H groups in total. The van der Waals surface area contributed by atoms with E-state index in [2.05, 4.69) is 0 Å². The summed E-state index contributed by atoms with van der Waals surface area (Å²) in [5.41, 5.74) is 0.562. The van der Waals surface area contributed by atoms with Gasteiger partial charge in [0.05, 0.1) is 11.5 Å². The van der Waals surface area contributed by atoms with Gasteiger partial charge in [-0.1, -0.05) is 35.9 Å². The molecule has 20 heavy (non-hydrogen) atoms. The molecule has 0 aliphatic carbocycles. The SMILES string of the molecule is O=C(c1ccc(Cl)c2ccccc12)C1CCS(=O)(=O)C1. The third kappa shape index (κ3) is 2.34. The van der Waals surface area contributed by atoms with Crippen molar-refractivity contribution in [3.8, 4) is 0 Å². The molecule has 2 aromatic rings. The zero-order valence-corrected chi connectivity index (χ0v) is 12.2. The fourth-order valence-electron chi connectivity index (χ4n) is 2.70. The van der Waals surface area contributed by atoms with Crippen molar-refractivity contribution >= 4 is 38.0 Å². The fraction of sp³-hybridized carbons (Fsp3) is 0.267. The van der Waals surface area contributed by atoms with Gasteiger partial charge in [-0.15, -0.1) is 0 Å². The van der Waals surface area contributed by atoms with Gasteiger partial charge in [-0.05, 0) is 23.9 Å². The second-order valence-corrected chi connectivity index (χ2v) is 7.74. The first-order valence-electron chi connectivity index (χ1n) is 6.40. The number of halogens is 1. The van der Waals surface area contributed by atoms with Crippen molar-refractivity contribution in [1.82, 2.24) is 0 Å². The highest BCUT2D eigenvalue weighted by atomic mass is 35.5. The largest absolute Gasteiger partial charge is 0.294 e. The lowest BCUT2D eigenvalue weighted by Gasteiger charge is -2.10. The van der Waals surface area contributed by atoms with E-state index in [0.29, 0.717) is 17.0 Å². The van der Waals surface area contributed by atoms with Crippen LogP contribution in [0, 0.1) is 5.92 Å². The molecule has 3 rings (SSSR count). The Morgan fingerprint density at radius 3 is 2.45 bits per heavy atom. The molecule has 0 spiro atoms. The smallest absolute Gasteiger partial charge is 0.167 e. The molecule has 1 fully saturated rings. The van der Waals surface area contributed by atoms with Gasteiger partial charge in [0.15, 0.2) is 15.6 Å². The van der Waals surface area contributed by atoms with Crippen molar-refractivity contribution in [2.75, 3.05) is 11.5 Å². The standard InChI is InChI=1S/C15H13ClO3S/c16-14-6-5-13(11-3-1-2-4-12(11)14)15(17)10-7-8-20(18,19)9-10/h1-6,10H,7-9H2. The summed E-state index contributed by atoms with van der Waals surface area (Å²) in [6, 6.07) is 10.8. The molecule has 1 heterocycles. The monoisotopic (exact) mass is 308 g/mol. The molecule has 0 aromatic heterocycles. The molecule has 1 aliphatic rings. The molecule has 104 valence electrons. The highest BCUT2D eigenvalue weighted by Gasteiger charge is 2.33. The van der Waals surface area contributed by atoms with Crippen LogP contribution in [-0.2, 0) is 9.84 Å². The first-order valence-corrected chi connectivity index (χ1v) is 8.60. The maximum absolute atomic E-state index is 12.6. The first kappa shape index (κ1) is 13.6. The van der Waals surface area contributed by atoms with Crippen molar-refractivity contribution in [3.05, 3.63) is 47.0 Å². The van der Waals surface area contributed by atoms with E-state index in [-0.39, 0.29) is 17.3 Å². The minimum Gasteiger partial charge on any atom is -0.294 e. The molecule has 5 heteroatoms. The molecule has 0 amide bonds. The number of hydrogen-bond donors (Lipinski definition) is 0.